The van der Waals surface area contributed by atoms with Gasteiger partial charge in [0, 0.05) is 44.2 Å². The van der Waals surface area contributed by atoms with E-state index in [1.54, 1.807) is 4.90 Å². The van der Waals surface area contributed by atoms with Crippen molar-refractivity contribution in [2.24, 2.45) is 17.3 Å². The number of carbonyl (C=O) groups is 3. The fourth-order valence-corrected chi connectivity index (χ4v) is 5.64. The first kappa shape index (κ1) is 28.5. The fourth-order valence-electron chi connectivity index (χ4n) is 5.52. The van der Waals surface area contributed by atoms with Crippen LogP contribution < -0.4 is 5.32 Å². The monoisotopic (exact) mass is 518 g/mol. The molecule has 1 aromatic rings. The van der Waals surface area contributed by atoms with E-state index in [1.807, 2.05) is 49.9 Å². The number of carbonyl (C=O) groups excluding carboxylic acids is 3. The minimum absolute atomic E-state index is 0.0158. The molecule has 36 heavy (non-hydrogen) atoms. The average molecular weight is 519 g/mol. The van der Waals surface area contributed by atoms with Crippen LogP contribution in [0.3, 0.4) is 0 Å². The molecular weight excluding hydrogens is 476 g/mol. The molecule has 8 heteroatoms. The molecule has 7 nitrogen and oxygen atoms in total. The van der Waals surface area contributed by atoms with Gasteiger partial charge >= 0.3 is 0 Å². The van der Waals surface area contributed by atoms with Crippen LogP contribution in [0.1, 0.15) is 58.4 Å². The average Bonchev–Trinajstić information content (AvgIpc) is 3.31. The Bertz CT molecular complexity index is 931. The number of amides is 3. The highest BCUT2D eigenvalue weighted by molar-refractivity contribution is 6.30. The van der Waals surface area contributed by atoms with Gasteiger partial charge in [-0.3, -0.25) is 14.4 Å². The van der Waals surface area contributed by atoms with Crippen molar-refractivity contribution in [3.05, 3.63) is 34.9 Å². The summed E-state index contributed by atoms with van der Waals surface area (Å²) in [7, 11) is 3.88. The van der Waals surface area contributed by atoms with Crippen molar-refractivity contribution in [1.29, 1.82) is 0 Å². The SMILES string of the molecule is CC(C)[C@@H](NC(=O)[C@@H]1CCN(C(=O)CCN(C)C)C1)C(=O)N1CC[C@H](c2ccc(Cl)cc2)C(C)(C)C1. The Morgan fingerprint density at radius 3 is 2.31 bits per heavy atom. The molecule has 2 aliphatic heterocycles. The number of piperidine rings is 1. The van der Waals surface area contributed by atoms with E-state index in [4.69, 9.17) is 11.6 Å². The van der Waals surface area contributed by atoms with Gasteiger partial charge in [-0.2, -0.15) is 0 Å². The van der Waals surface area contributed by atoms with E-state index in [1.165, 1.54) is 5.56 Å². The third-order valence-electron chi connectivity index (χ3n) is 7.73. The van der Waals surface area contributed by atoms with Gasteiger partial charge in [-0.15, -0.1) is 0 Å². The van der Waals surface area contributed by atoms with Crippen molar-refractivity contribution in [1.82, 2.24) is 20.0 Å². The van der Waals surface area contributed by atoms with Gasteiger partial charge in [0.1, 0.15) is 6.04 Å². The molecule has 0 unspecified atom stereocenters. The molecule has 200 valence electrons. The second-order valence-corrected chi connectivity index (χ2v) is 12.2. The van der Waals surface area contributed by atoms with Gasteiger partial charge in [-0.25, -0.2) is 0 Å². The summed E-state index contributed by atoms with van der Waals surface area (Å²) in [6.07, 6.45) is 1.96. The zero-order chi connectivity index (χ0) is 26.6. The number of rotatable bonds is 8. The van der Waals surface area contributed by atoms with Gasteiger partial charge in [0.2, 0.25) is 17.7 Å². The number of nitrogens with one attached hydrogen (secondary N) is 1. The number of benzene rings is 1. The zero-order valence-electron chi connectivity index (χ0n) is 22.7. The van der Waals surface area contributed by atoms with Crippen molar-refractivity contribution < 1.29 is 14.4 Å². The van der Waals surface area contributed by atoms with Gasteiger partial charge in [0.25, 0.3) is 0 Å². The Kier molecular flexibility index (Phi) is 9.44. The van der Waals surface area contributed by atoms with Crippen LogP contribution in [0.5, 0.6) is 0 Å². The van der Waals surface area contributed by atoms with Crippen LogP contribution in [0, 0.1) is 17.3 Å². The molecule has 1 aromatic carbocycles. The van der Waals surface area contributed by atoms with E-state index in [2.05, 4.69) is 31.3 Å². The lowest BCUT2D eigenvalue weighted by atomic mass is 9.70. The van der Waals surface area contributed by atoms with Crippen LogP contribution in [0.2, 0.25) is 5.02 Å². The smallest absolute Gasteiger partial charge is 0.245 e. The topological polar surface area (TPSA) is 73.0 Å². The minimum atomic E-state index is -0.570. The number of hydrogen-bond acceptors (Lipinski definition) is 4. The van der Waals surface area contributed by atoms with Crippen LogP contribution in [-0.2, 0) is 14.4 Å². The lowest BCUT2D eigenvalue weighted by molar-refractivity contribution is -0.141. The first-order valence-corrected chi connectivity index (χ1v) is 13.5. The van der Waals surface area contributed by atoms with Crippen LogP contribution in [0.15, 0.2) is 24.3 Å². The number of hydrogen-bond donors (Lipinski definition) is 1. The molecule has 3 rings (SSSR count). The Morgan fingerprint density at radius 1 is 1.08 bits per heavy atom. The van der Waals surface area contributed by atoms with E-state index < -0.39 is 6.04 Å². The van der Waals surface area contributed by atoms with Crippen LogP contribution in [-0.4, -0.2) is 85.3 Å². The van der Waals surface area contributed by atoms with Gasteiger partial charge in [-0.05, 0) is 61.9 Å². The Hall–Kier alpha value is -2.12. The molecule has 2 saturated heterocycles. The number of halogens is 1. The quantitative estimate of drug-likeness (QED) is 0.570. The summed E-state index contributed by atoms with van der Waals surface area (Å²) in [5.74, 6) is -0.0212. The molecule has 0 aromatic heterocycles. The van der Waals surface area contributed by atoms with E-state index in [0.29, 0.717) is 51.5 Å². The lowest BCUT2D eigenvalue weighted by Crippen LogP contribution is -2.56. The summed E-state index contributed by atoms with van der Waals surface area (Å²) in [5, 5.41) is 3.78. The summed E-state index contributed by atoms with van der Waals surface area (Å²) >= 11 is 6.08. The van der Waals surface area contributed by atoms with Gasteiger partial charge in [-0.1, -0.05) is 51.4 Å². The van der Waals surface area contributed by atoms with E-state index in [-0.39, 0.29) is 35.0 Å². The molecular formula is C28H43ClN4O3. The highest BCUT2D eigenvalue weighted by Crippen LogP contribution is 2.42. The molecule has 3 atom stereocenters. The molecule has 2 heterocycles. The van der Waals surface area contributed by atoms with E-state index >= 15 is 0 Å². The maximum absolute atomic E-state index is 13.6. The van der Waals surface area contributed by atoms with Crippen LogP contribution in [0.4, 0.5) is 0 Å². The normalized spacial score (nSPS) is 22.7. The number of nitrogens with zero attached hydrogens (tertiary/aromatic N) is 3. The standard InChI is InChI=1S/C28H43ClN4O3/c1-19(2)25(30-26(35)21-11-15-32(17-21)24(34)13-14-31(5)6)27(36)33-16-12-23(28(3,4)18-33)20-7-9-22(29)10-8-20/h7-10,19,21,23,25H,11-18H2,1-6H3,(H,30,35)/t21-,23-,25-/m1/s1. The second-order valence-electron chi connectivity index (χ2n) is 11.8. The first-order chi connectivity index (χ1) is 16.9. The van der Waals surface area contributed by atoms with Crippen molar-refractivity contribution in [3.8, 4) is 0 Å². The lowest BCUT2D eigenvalue weighted by Gasteiger charge is -2.45. The number of likely N-dealkylation sites (tertiary alicyclic amines) is 2. The van der Waals surface area contributed by atoms with Crippen molar-refractivity contribution in [2.75, 3.05) is 46.8 Å². The van der Waals surface area contributed by atoms with E-state index in [9.17, 15) is 14.4 Å². The molecule has 0 spiro atoms. The van der Waals surface area contributed by atoms with Crippen molar-refractivity contribution in [3.63, 3.8) is 0 Å². The maximum atomic E-state index is 13.6. The highest BCUT2D eigenvalue weighted by Gasteiger charge is 2.41. The molecule has 2 aliphatic rings. The predicted molar refractivity (Wildman–Crippen MR) is 144 cm³/mol. The third-order valence-corrected chi connectivity index (χ3v) is 7.98. The molecule has 0 saturated carbocycles. The first-order valence-electron chi connectivity index (χ1n) is 13.2. The minimum Gasteiger partial charge on any atom is -0.344 e. The van der Waals surface area contributed by atoms with Crippen LogP contribution >= 0.6 is 11.6 Å². The summed E-state index contributed by atoms with van der Waals surface area (Å²) in [6.45, 7) is 11.4. The van der Waals surface area contributed by atoms with Crippen molar-refractivity contribution in [2.45, 2.75) is 58.9 Å². The van der Waals surface area contributed by atoms with Gasteiger partial charge in [0.05, 0.1) is 5.92 Å². The molecule has 0 radical (unpaired) electrons. The Balaban J connectivity index is 1.60. The molecule has 0 aliphatic carbocycles. The zero-order valence-corrected chi connectivity index (χ0v) is 23.5. The fraction of sp³-hybridized carbons (Fsp3) is 0.679. The summed E-state index contributed by atoms with van der Waals surface area (Å²) < 4.78 is 0. The maximum Gasteiger partial charge on any atom is 0.245 e. The summed E-state index contributed by atoms with van der Waals surface area (Å²) in [5.41, 5.74) is 1.14. The molecule has 2 fully saturated rings. The highest BCUT2D eigenvalue weighted by atomic mass is 35.5. The van der Waals surface area contributed by atoms with Gasteiger partial charge in [0.15, 0.2) is 0 Å². The van der Waals surface area contributed by atoms with Crippen LogP contribution in [0.25, 0.3) is 0 Å². The Labute approximate surface area is 221 Å². The second kappa shape index (κ2) is 12.0. The van der Waals surface area contributed by atoms with E-state index in [0.717, 1.165) is 11.4 Å². The third kappa shape index (κ3) is 7.00. The molecule has 1 N–H and O–H groups in total. The van der Waals surface area contributed by atoms with Gasteiger partial charge < -0.3 is 20.0 Å². The summed E-state index contributed by atoms with van der Waals surface area (Å²) in [4.78, 5) is 44.9. The summed E-state index contributed by atoms with van der Waals surface area (Å²) in [6, 6.07) is 7.45. The Morgan fingerprint density at radius 2 is 1.72 bits per heavy atom. The largest absolute Gasteiger partial charge is 0.344 e. The molecule has 3 amide bonds. The predicted octanol–water partition coefficient (Wildman–Crippen LogP) is 3.62. The molecule has 0 bridgehead atoms. The van der Waals surface area contributed by atoms with Crippen molar-refractivity contribution >= 4 is 29.3 Å².